The van der Waals surface area contributed by atoms with Gasteiger partial charge in [0, 0.05) is 23.0 Å². The number of alkyl halides is 1. The first-order valence-corrected chi connectivity index (χ1v) is 7.64. The van der Waals surface area contributed by atoms with Crippen LogP contribution < -0.4 is 5.32 Å². The molecule has 1 heterocycles. The highest BCUT2D eigenvalue weighted by molar-refractivity contribution is 9.09. The van der Waals surface area contributed by atoms with Gasteiger partial charge in [0.2, 0.25) is 5.91 Å². The molecule has 1 fully saturated rings. The molecule has 0 unspecified atom stereocenters. The number of rotatable bonds is 5. The molecule has 3 rings (SSSR count). The van der Waals surface area contributed by atoms with Gasteiger partial charge in [0.25, 0.3) is 0 Å². The molecule has 7 heteroatoms. The van der Waals surface area contributed by atoms with Gasteiger partial charge in [0.1, 0.15) is 0 Å². The normalized spacial score (nSPS) is 14.2. The lowest BCUT2D eigenvalue weighted by molar-refractivity contribution is -0.115. The summed E-state index contributed by atoms with van der Waals surface area (Å²) in [6.07, 6.45) is 2.74. The second-order valence-electron chi connectivity index (χ2n) is 4.74. The zero-order valence-corrected chi connectivity index (χ0v) is 12.4. The molecule has 0 bridgehead atoms. The predicted molar refractivity (Wildman–Crippen MR) is 78.6 cm³/mol. The molecular formula is C13H14BrN5O. The third-order valence-electron chi connectivity index (χ3n) is 3.13. The lowest BCUT2D eigenvalue weighted by Gasteiger charge is -2.06. The van der Waals surface area contributed by atoms with E-state index in [2.05, 4.69) is 36.8 Å². The summed E-state index contributed by atoms with van der Waals surface area (Å²) in [7, 11) is 0. The Morgan fingerprint density at radius 1 is 1.35 bits per heavy atom. The van der Waals surface area contributed by atoms with Crippen molar-refractivity contribution in [3.8, 4) is 11.4 Å². The van der Waals surface area contributed by atoms with Gasteiger partial charge in [-0.1, -0.05) is 15.9 Å². The predicted octanol–water partition coefficient (Wildman–Crippen LogP) is 2.40. The Bertz CT molecular complexity index is 605. The Balaban J connectivity index is 1.75. The SMILES string of the molecule is O=C(CCBr)Nc1ccc(-c2nnnn2C2CC2)cc1. The number of carbonyl (C=O) groups is 1. The number of benzene rings is 1. The molecule has 1 aliphatic carbocycles. The van der Waals surface area contributed by atoms with Crippen LogP contribution in [-0.2, 0) is 4.79 Å². The summed E-state index contributed by atoms with van der Waals surface area (Å²) in [4.78, 5) is 11.5. The van der Waals surface area contributed by atoms with Gasteiger partial charge < -0.3 is 5.32 Å². The molecule has 0 saturated heterocycles. The number of amides is 1. The topological polar surface area (TPSA) is 72.7 Å². The van der Waals surface area contributed by atoms with Crippen LogP contribution in [0.4, 0.5) is 5.69 Å². The Kier molecular flexibility index (Phi) is 3.77. The van der Waals surface area contributed by atoms with Crippen molar-refractivity contribution in [2.45, 2.75) is 25.3 Å². The van der Waals surface area contributed by atoms with Crippen LogP contribution in [0.1, 0.15) is 25.3 Å². The van der Waals surface area contributed by atoms with Gasteiger partial charge >= 0.3 is 0 Å². The number of nitrogens with zero attached hydrogens (tertiary/aromatic N) is 4. The van der Waals surface area contributed by atoms with E-state index in [9.17, 15) is 4.79 Å². The van der Waals surface area contributed by atoms with E-state index in [4.69, 9.17) is 0 Å². The van der Waals surface area contributed by atoms with Crippen molar-refractivity contribution in [2.75, 3.05) is 10.6 Å². The van der Waals surface area contributed by atoms with E-state index in [1.54, 1.807) is 0 Å². The average Bonchev–Trinajstić information content (AvgIpc) is 3.18. The number of anilines is 1. The molecule has 1 N–H and O–H groups in total. The van der Waals surface area contributed by atoms with Crippen LogP contribution in [-0.4, -0.2) is 31.4 Å². The zero-order valence-electron chi connectivity index (χ0n) is 10.8. The van der Waals surface area contributed by atoms with Crippen LogP contribution in [0.25, 0.3) is 11.4 Å². The Hall–Kier alpha value is -1.76. The van der Waals surface area contributed by atoms with Gasteiger partial charge in [-0.2, -0.15) is 0 Å². The largest absolute Gasteiger partial charge is 0.326 e. The fraction of sp³-hybridized carbons (Fsp3) is 0.385. The Morgan fingerprint density at radius 2 is 2.10 bits per heavy atom. The molecule has 1 amide bonds. The van der Waals surface area contributed by atoms with E-state index in [1.807, 2.05) is 28.9 Å². The highest BCUT2D eigenvalue weighted by atomic mass is 79.9. The zero-order chi connectivity index (χ0) is 13.9. The molecule has 6 nitrogen and oxygen atoms in total. The molecule has 0 atom stereocenters. The molecule has 0 spiro atoms. The third kappa shape index (κ3) is 2.87. The van der Waals surface area contributed by atoms with Crippen LogP contribution in [0.3, 0.4) is 0 Å². The number of carbonyl (C=O) groups excluding carboxylic acids is 1. The van der Waals surface area contributed by atoms with E-state index < -0.39 is 0 Å². The number of tetrazole rings is 1. The van der Waals surface area contributed by atoms with E-state index in [-0.39, 0.29) is 5.91 Å². The third-order valence-corrected chi connectivity index (χ3v) is 3.53. The molecule has 0 aliphatic heterocycles. The summed E-state index contributed by atoms with van der Waals surface area (Å²) in [5.41, 5.74) is 1.74. The average molecular weight is 336 g/mol. The summed E-state index contributed by atoms with van der Waals surface area (Å²) in [6, 6.07) is 8.03. The summed E-state index contributed by atoms with van der Waals surface area (Å²) >= 11 is 3.24. The fourth-order valence-electron chi connectivity index (χ4n) is 1.96. The maximum atomic E-state index is 11.5. The van der Waals surface area contributed by atoms with Crippen LogP contribution in [0.15, 0.2) is 24.3 Å². The molecule has 104 valence electrons. The minimum Gasteiger partial charge on any atom is -0.326 e. The maximum Gasteiger partial charge on any atom is 0.225 e. The van der Waals surface area contributed by atoms with Crippen molar-refractivity contribution in [1.82, 2.24) is 20.2 Å². The quantitative estimate of drug-likeness (QED) is 0.851. The smallest absolute Gasteiger partial charge is 0.225 e. The van der Waals surface area contributed by atoms with Crippen LogP contribution >= 0.6 is 15.9 Å². The second-order valence-corrected chi connectivity index (χ2v) is 5.54. The summed E-state index contributed by atoms with van der Waals surface area (Å²) in [5.74, 6) is 0.781. The van der Waals surface area contributed by atoms with E-state index in [0.717, 1.165) is 29.9 Å². The molecule has 1 saturated carbocycles. The molecule has 2 aromatic rings. The second kappa shape index (κ2) is 5.70. The van der Waals surface area contributed by atoms with Gasteiger partial charge in [-0.3, -0.25) is 4.79 Å². The van der Waals surface area contributed by atoms with E-state index in [1.165, 1.54) is 0 Å². The first-order chi connectivity index (χ1) is 9.78. The molecule has 1 aromatic heterocycles. The molecule has 0 radical (unpaired) electrons. The van der Waals surface area contributed by atoms with Crippen LogP contribution in [0.2, 0.25) is 0 Å². The van der Waals surface area contributed by atoms with Gasteiger partial charge in [0.15, 0.2) is 5.82 Å². The first-order valence-electron chi connectivity index (χ1n) is 6.52. The van der Waals surface area contributed by atoms with Crippen molar-refractivity contribution in [3.05, 3.63) is 24.3 Å². The standard InChI is InChI=1S/C13H14BrN5O/c14-8-7-12(20)15-10-3-1-9(2-4-10)13-16-17-18-19(13)11-5-6-11/h1-4,11H,5-8H2,(H,15,20). The van der Waals surface area contributed by atoms with Gasteiger partial charge in [-0.25, -0.2) is 4.68 Å². The number of hydrogen-bond acceptors (Lipinski definition) is 4. The summed E-state index contributed by atoms with van der Waals surface area (Å²) < 4.78 is 1.87. The molecular weight excluding hydrogens is 322 g/mol. The number of halogens is 1. The minimum atomic E-state index is -0.00237. The molecule has 20 heavy (non-hydrogen) atoms. The number of nitrogens with one attached hydrogen (secondary N) is 1. The highest BCUT2D eigenvalue weighted by Crippen LogP contribution is 2.36. The van der Waals surface area contributed by atoms with Crippen molar-refractivity contribution in [3.63, 3.8) is 0 Å². The van der Waals surface area contributed by atoms with Crippen molar-refractivity contribution in [2.24, 2.45) is 0 Å². The first kappa shape index (κ1) is 13.2. The van der Waals surface area contributed by atoms with Gasteiger partial charge in [-0.05, 0) is 47.5 Å². The Labute approximate surface area is 124 Å². The molecule has 1 aromatic carbocycles. The van der Waals surface area contributed by atoms with E-state index >= 15 is 0 Å². The van der Waals surface area contributed by atoms with Gasteiger partial charge in [-0.15, -0.1) is 5.10 Å². The minimum absolute atomic E-state index is 0.00237. The monoisotopic (exact) mass is 335 g/mol. The van der Waals surface area contributed by atoms with Crippen LogP contribution in [0, 0.1) is 0 Å². The van der Waals surface area contributed by atoms with E-state index in [0.29, 0.717) is 17.8 Å². The number of aromatic nitrogens is 4. The fourth-order valence-corrected chi connectivity index (χ4v) is 2.32. The van der Waals surface area contributed by atoms with Crippen molar-refractivity contribution in [1.29, 1.82) is 0 Å². The summed E-state index contributed by atoms with van der Waals surface area (Å²) in [5, 5.41) is 15.3. The summed E-state index contributed by atoms with van der Waals surface area (Å²) in [6.45, 7) is 0. The Morgan fingerprint density at radius 3 is 2.75 bits per heavy atom. The van der Waals surface area contributed by atoms with Crippen molar-refractivity contribution < 1.29 is 4.79 Å². The van der Waals surface area contributed by atoms with Crippen LogP contribution in [0.5, 0.6) is 0 Å². The lowest BCUT2D eigenvalue weighted by Crippen LogP contribution is -2.11. The molecule has 1 aliphatic rings. The van der Waals surface area contributed by atoms with Crippen molar-refractivity contribution >= 4 is 27.5 Å². The lowest BCUT2D eigenvalue weighted by atomic mass is 10.2. The number of hydrogen-bond donors (Lipinski definition) is 1. The highest BCUT2D eigenvalue weighted by Gasteiger charge is 2.28. The maximum absolute atomic E-state index is 11.5. The van der Waals surface area contributed by atoms with Gasteiger partial charge in [0.05, 0.1) is 6.04 Å².